The molecule has 0 fully saturated rings. The van der Waals surface area contributed by atoms with Gasteiger partial charge in [-0.25, -0.2) is 0 Å². The lowest BCUT2D eigenvalue weighted by atomic mass is 10.0. The normalized spacial score (nSPS) is 15.0. The van der Waals surface area contributed by atoms with Crippen LogP contribution in [0.1, 0.15) is 18.6 Å². The number of halogens is 1. The standard InChI is InChI=1S/C12H13ClN2O/c1-7(14)12(16)9-4-5-10(13)8-3-2-6-15-11(8)9/h2-7,12,16H,14H2,1H3. The van der Waals surface area contributed by atoms with Gasteiger partial charge in [-0.15, -0.1) is 0 Å². The number of aromatic nitrogens is 1. The van der Waals surface area contributed by atoms with Crippen LogP contribution in [0.3, 0.4) is 0 Å². The fraction of sp³-hybridized carbons (Fsp3) is 0.250. The lowest BCUT2D eigenvalue weighted by Crippen LogP contribution is -2.24. The van der Waals surface area contributed by atoms with E-state index in [2.05, 4.69) is 4.98 Å². The fourth-order valence-electron chi connectivity index (χ4n) is 1.68. The van der Waals surface area contributed by atoms with E-state index in [0.29, 0.717) is 10.5 Å². The second kappa shape index (κ2) is 4.37. The molecule has 2 rings (SSSR count). The van der Waals surface area contributed by atoms with E-state index >= 15 is 0 Å². The minimum atomic E-state index is -0.727. The van der Waals surface area contributed by atoms with E-state index in [9.17, 15) is 5.11 Å². The second-order valence-corrected chi connectivity index (χ2v) is 4.25. The van der Waals surface area contributed by atoms with E-state index in [1.165, 1.54) is 0 Å². The molecule has 16 heavy (non-hydrogen) atoms. The Morgan fingerprint density at radius 1 is 1.38 bits per heavy atom. The van der Waals surface area contributed by atoms with Crippen molar-refractivity contribution in [1.29, 1.82) is 0 Å². The number of benzene rings is 1. The van der Waals surface area contributed by atoms with Crippen LogP contribution in [-0.4, -0.2) is 16.1 Å². The van der Waals surface area contributed by atoms with Crippen LogP contribution in [0.25, 0.3) is 10.9 Å². The highest BCUT2D eigenvalue weighted by Crippen LogP contribution is 2.29. The number of aliphatic hydroxyl groups is 1. The maximum atomic E-state index is 9.98. The van der Waals surface area contributed by atoms with Crippen LogP contribution in [0.2, 0.25) is 5.02 Å². The second-order valence-electron chi connectivity index (χ2n) is 3.84. The van der Waals surface area contributed by atoms with Crippen molar-refractivity contribution >= 4 is 22.5 Å². The van der Waals surface area contributed by atoms with Crippen molar-refractivity contribution in [3.8, 4) is 0 Å². The summed E-state index contributed by atoms with van der Waals surface area (Å²) in [6.45, 7) is 1.76. The van der Waals surface area contributed by atoms with Crippen LogP contribution >= 0.6 is 11.6 Å². The number of aliphatic hydroxyl groups excluding tert-OH is 1. The average molecular weight is 237 g/mol. The molecule has 0 aliphatic carbocycles. The van der Waals surface area contributed by atoms with Gasteiger partial charge in [0.2, 0.25) is 0 Å². The van der Waals surface area contributed by atoms with Gasteiger partial charge < -0.3 is 10.8 Å². The highest BCUT2D eigenvalue weighted by molar-refractivity contribution is 6.35. The molecule has 1 aromatic heterocycles. The molecule has 1 aromatic carbocycles. The third-order valence-electron chi connectivity index (χ3n) is 2.56. The lowest BCUT2D eigenvalue weighted by molar-refractivity contribution is 0.154. The van der Waals surface area contributed by atoms with Crippen molar-refractivity contribution in [2.75, 3.05) is 0 Å². The van der Waals surface area contributed by atoms with Crippen LogP contribution in [0, 0.1) is 0 Å². The highest BCUT2D eigenvalue weighted by atomic mass is 35.5. The first-order valence-electron chi connectivity index (χ1n) is 5.08. The predicted molar refractivity (Wildman–Crippen MR) is 65.4 cm³/mol. The van der Waals surface area contributed by atoms with Crippen LogP contribution < -0.4 is 5.73 Å². The average Bonchev–Trinajstić information content (AvgIpc) is 2.29. The van der Waals surface area contributed by atoms with Crippen LogP contribution in [0.4, 0.5) is 0 Å². The minimum Gasteiger partial charge on any atom is -0.387 e. The molecule has 1 heterocycles. The number of hydrogen-bond acceptors (Lipinski definition) is 3. The first-order chi connectivity index (χ1) is 7.61. The topological polar surface area (TPSA) is 59.1 Å². The molecule has 0 saturated carbocycles. The van der Waals surface area contributed by atoms with Crippen molar-refractivity contribution in [3.63, 3.8) is 0 Å². The molecule has 0 bridgehead atoms. The van der Waals surface area contributed by atoms with Gasteiger partial charge in [0.1, 0.15) is 0 Å². The fourth-order valence-corrected chi connectivity index (χ4v) is 1.90. The van der Waals surface area contributed by atoms with Gasteiger partial charge in [0.05, 0.1) is 11.6 Å². The van der Waals surface area contributed by atoms with Gasteiger partial charge in [0.15, 0.2) is 0 Å². The Bertz CT molecular complexity index is 513. The van der Waals surface area contributed by atoms with E-state index in [-0.39, 0.29) is 6.04 Å². The Morgan fingerprint density at radius 2 is 2.12 bits per heavy atom. The van der Waals surface area contributed by atoms with Gasteiger partial charge in [-0.3, -0.25) is 4.98 Å². The minimum absolute atomic E-state index is 0.341. The lowest BCUT2D eigenvalue weighted by Gasteiger charge is -2.16. The molecule has 3 nitrogen and oxygen atoms in total. The van der Waals surface area contributed by atoms with Crippen molar-refractivity contribution in [2.45, 2.75) is 19.1 Å². The third-order valence-corrected chi connectivity index (χ3v) is 2.89. The summed E-state index contributed by atoms with van der Waals surface area (Å²) in [7, 11) is 0. The van der Waals surface area contributed by atoms with E-state index in [0.717, 1.165) is 10.9 Å². The molecule has 0 aliphatic rings. The van der Waals surface area contributed by atoms with Crippen LogP contribution in [-0.2, 0) is 0 Å². The van der Waals surface area contributed by atoms with Gasteiger partial charge in [-0.05, 0) is 25.1 Å². The van der Waals surface area contributed by atoms with Crippen LogP contribution in [0.15, 0.2) is 30.5 Å². The molecular formula is C12H13ClN2O. The summed E-state index contributed by atoms with van der Waals surface area (Å²) in [5.74, 6) is 0. The Labute approximate surface area is 98.9 Å². The summed E-state index contributed by atoms with van der Waals surface area (Å²) >= 11 is 6.06. The first-order valence-corrected chi connectivity index (χ1v) is 5.46. The molecule has 0 aliphatic heterocycles. The predicted octanol–water partition coefficient (Wildman–Crippen LogP) is 2.27. The number of nitrogens with zero attached hydrogens (tertiary/aromatic N) is 1. The monoisotopic (exact) mass is 236 g/mol. The van der Waals surface area contributed by atoms with Crippen molar-refractivity contribution in [2.24, 2.45) is 5.73 Å². The smallest absolute Gasteiger partial charge is 0.0959 e. The number of fused-ring (bicyclic) bond motifs is 1. The molecule has 0 spiro atoms. The summed E-state index contributed by atoms with van der Waals surface area (Å²) in [4.78, 5) is 4.25. The molecule has 0 amide bonds. The summed E-state index contributed by atoms with van der Waals surface area (Å²) in [6, 6.07) is 6.88. The van der Waals surface area contributed by atoms with Gasteiger partial charge in [-0.2, -0.15) is 0 Å². The summed E-state index contributed by atoms with van der Waals surface area (Å²) in [6.07, 6.45) is 0.949. The third kappa shape index (κ3) is 1.89. The summed E-state index contributed by atoms with van der Waals surface area (Å²) in [5.41, 5.74) is 7.11. The molecule has 2 unspecified atom stereocenters. The maximum Gasteiger partial charge on any atom is 0.0959 e. The molecule has 2 aromatic rings. The number of pyridine rings is 1. The molecule has 4 heteroatoms. The number of hydrogen-bond donors (Lipinski definition) is 2. The number of rotatable bonds is 2. The SMILES string of the molecule is CC(N)C(O)c1ccc(Cl)c2cccnc12. The van der Waals surface area contributed by atoms with Gasteiger partial charge in [0.25, 0.3) is 0 Å². The molecule has 3 N–H and O–H groups in total. The highest BCUT2D eigenvalue weighted by Gasteiger charge is 2.16. The van der Waals surface area contributed by atoms with Crippen LogP contribution in [0.5, 0.6) is 0 Å². The Hall–Kier alpha value is -1.16. The largest absolute Gasteiger partial charge is 0.387 e. The van der Waals surface area contributed by atoms with Gasteiger partial charge in [0, 0.05) is 28.2 Å². The van der Waals surface area contributed by atoms with E-state index in [4.69, 9.17) is 17.3 Å². The Kier molecular flexibility index (Phi) is 3.10. The molecule has 0 radical (unpaired) electrons. The van der Waals surface area contributed by atoms with E-state index in [1.54, 1.807) is 25.3 Å². The van der Waals surface area contributed by atoms with Crippen molar-refractivity contribution in [3.05, 3.63) is 41.0 Å². The first kappa shape index (κ1) is 11.3. The zero-order chi connectivity index (χ0) is 11.7. The van der Waals surface area contributed by atoms with E-state index in [1.807, 2.05) is 12.1 Å². The summed E-state index contributed by atoms with van der Waals surface area (Å²) < 4.78 is 0. The quantitative estimate of drug-likeness (QED) is 0.841. The number of nitrogens with two attached hydrogens (primary N) is 1. The molecular weight excluding hydrogens is 224 g/mol. The van der Waals surface area contributed by atoms with Gasteiger partial charge in [-0.1, -0.05) is 17.7 Å². The molecule has 2 atom stereocenters. The van der Waals surface area contributed by atoms with E-state index < -0.39 is 6.10 Å². The Morgan fingerprint density at radius 3 is 2.81 bits per heavy atom. The van der Waals surface area contributed by atoms with Gasteiger partial charge >= 0.3 is 0 Å². The molecule has 0 saturated heterocycles. The zero-order valence-corrected chi connectivity index (χ0v) is 9.65. The maximum absolute atomic E-state index is 9.98. The molecule has 84 valence electrons. The van der Waals surface area contributed by atoms with Crippen molar-refractivity contribution in [1.82, 2.24) is 4.98 Å². The summed E-state index contributed by atoms with van der Waals surface area (Å²) in [5, 5.41) is 11.4. The Balaban J connectivity index is 2.67. The van der Waals surface area contributed by atoms with Crippen molar-refractivity contribution < 1.29 is 5.11 Å². The zero-order valence-electron chi connectivity index (χ0n) is 8.89.